The van der Waals surface area contributed by atoms with Crippen LogP contribution in [0, 0.1) is 17.5 Å². The molecule has 9 heteroatoms. The van der Waals surface area contributed by atoms with Crippen LogP contribution >= 0.6 is 0 Å². The van der Waals surface area contributed by atoms with Crippen LogP contribution in [0.15, 0.2) is 53.4 Å². The zero-order chi connectivity index (χ0) is 21.5. The Bertz CT molecular complexity index is 1210. The van der Waals surface area contributed by atoms with Crippen LogP contribution in [-0.2, 0) is 16.6 Å². The highest BCUT2D eigenvalue weighted by Gasteiger charge is 2.32. The van der Waals surface area contributed by atoms with E-state index in [1.807, 2.05) is 35.2 Å². The number of halogens is 3. The van der Waals surface area contributed by atoms with Gasteiger partial charge >= 0.3 is 0 Å². The predicted octanol–water partition coefficient (Wildman–Crippen LogP) is 3.47. The van der Waals surface area contributed by atoms with E-state index in [0.717, 1.165) is 26.7 Å². The highest BCUT2D eigenvalue weighted by Crippen LogP contribution is 2.29. The number of hydrogen-bond acceptors (Lipinski definition) is 4. The van der Waals surface area contributed by atoms with Crippen LogP contribution in [0.1, 0.15) is 5.56 Å². The van der Waals surface area contributed by atoms with E-state index in [9.17, 15) is 26.7 Å². The molecule has 0 amide bonds. The molecular formula is C21H19F3N2O3S. The van der Waals surface area contributed by atoms with Gasteiger partial charge in [0.05, 0.1) is 0 Å². The summed E-state index contributed by atoms with van der Waals surface area (Å²) < 4.78 is 67.1. The molecule has 1 aliphatic rings. The molecule has 0 atom stereocenters. The fourth-order valence-corrected chi connectivity index (χ4v) is 5.17. The third-order valence-corrected chi connectivity index (χ3v) is 7.26. The van der Waals surface area contributed by atoms with Gasteiger partial charge in [-0.25, -0.2) is 21.6 Å². The van der Waals surface area contributed by atoms with Crippen LogP contribution in [-0.4, -0.2) is 48.9 Å². The van der Waals surface area contributed by atoms with Gasteiger partial charge in [-0.05, 0) is 29.0 Å². The minimum atomic E-state index is -4.30. The van der Waals surface area contributed by atoms with Gasteiger partial charge in [-0.2, -0.15) is 4.31 Å². The van der Waals surface area contributed by atoms with Crippen molar-refractivity contribution in [2.24, 2.45) is 0 Å². The van der Waals surface area contributed by atoms with Crippen molar-refractivity contribution in [3.63, 3.8) is 0 Å². The first-order valence-electron chi connectivity index (χ1n) is 9.34. The summed E-state index contributed by atoms with van der Waals surface area (Å²) in [6, 6.07) is 12.4. The number of piperazine rings is 1. The lowest BCUT2D eigenvalue weighted by molar-refractivity contribution is 0.180. The van der Waals surface area contributed by atoms with Gasteiger partial charge in [0.25, 0.3) is 0 Å². The van der Waals surface area contributed by atoms with Crippen molar-refractivity contribution in [3.8, 4) is 5.75 Å². The lowest BCUT2D eigenvalue weighted by Crippen LogP contribution is -2.48. The fourth-order valence-electron chi connectivity index (χ4n) is 3.69. The average molecular weight is 436 g/mol. The summed E-state index contributed by atoms with van der Waals surface area (Å²) in [5.41, 5.74) is 0.746. The van der Waals surface area contributed by atoms with E-state index in [4.69, 9.17) is 0 Å². The van der Waals surface area contributed by atoms with E-state index < -0.39 is 32.4 Å². The smallest absolute Gasteiger partial charge is 0.246 e. The molecule has 3 aromatic carbocycles. The molecule has 0 aromatic heterocycles. The van der Waals surface area contributed by atoms with Gasteiger partial charge in [-0.15, -0.1) is 0 Å². The van der Waals surface area contributed by atoms with Crippen molar-refractivity contribution in [1.82, 2.24) is 9.21 Å². The van der Waals surface area contributed by atoms with E-state index in [2.05, 4.69) is 0 Å². The number of fused-ring (bicyclic) bond motifs is 1. The standard InChI is InChI=1S/C21H19F3N2O3S/c22-17-6-8-19(21(24)20(17)23)30(28,29)26-11-9-25(10-12-26)13-16-15-4-2-1-3-14(15)5-7-18(16)27/h1-8,27H,9-13H2. The molecule has 1 aliphatic heterocycles. The summed E-state index contributed by atoms with van der Waals surface area (Å²) in [6.45, 7) is 1.22. The highest BCUT2D eigenvalue weighted by molar-refractivity contribution is 7.89. The monoisotopic (exact) mass is 436 g/mol. The summed E-state index contributed by atoms with van der Waals surface area (Å²) in [5, 5.41) is 12.2. The fraction of sp³-hybridized carbons (Fsp3) is 0.238. The lowest BCUT2D eigenvalue weighted by Gasteiger charge is -2.34. The quantitative estimate of drug-likeness (QED) is 0.637. The van der Waals surface area contributed by atoms with E-state index in [0.29, 0.717) is 25.7 Å². The molecule has 0 radical (unpaired) electrons. The van der Waals surface area contributed by atoms with E-state index in [1.54, 1.807) is 6.07 Å². The second-order valence-corrected chi connectivity index (χ2v) is 9.04. The number of phenolic OH excluding ortho intramolecular Hbond substituents is 1. The van der Waals surface area contributed by atoms with Crippen molar-refractivity contribution in [1.29, 1.82) is 0 Å². The minimum absolute atomic E-state index is 0.0618. The molecule has 5 nitrogen and oxygen atoms in total. The van der Waals surface area contributed by atoms with Crippen LogP contribution in [0.25, 0.3) is 10.8 Å². The van der Waals surface area contributed by atoms with Crippen molar-refractivity contribution >= 4 is 20.8 Å². The zero-order valence-corrected chi connectivity index (χ0v) is 16.7. The van der Waals surface area contributed by atoms with Gasteiger partial charge in [0.15, 0.2) is 17.5 Å². The maximum absolute atomic E-state index is 14.0. The first kappa shape index (κ1) is 20.6. The maximum Gasteiger partial charge on any atom is 0.246 e. The van der Waals surface area contributed by atoms with Crippen molar-refractivity contribution in [3.05, 3.63) is 71.5 Å². The largest absolute Gasteiger partial charge is 0.508 e. The van der Waals surface area contributed by atoms with Gasteiger partial charge in [0.1, 0.15) is 10.6 Å². The van der Waals surface area contributed by atoms with Crippen LogP contribution in [0.4, 0.5) is 13.2 Å². The summed E-state index contributed by atoms with van der Waals surface area (Å²) in [4.78, 5) is 1.11. The molecule has 0 saturated carbocycles. The molecule has 0 spiro atoms. The first-order chi connectivity index (χ1) is 14.3. The molecule has 1 heterocycles. The first-order valence-corrected chi connectivity index (χ1v) is 10.8. The number of rotatable bonds is 4. The van der Waals surface area contributed by atoms with Crippen molar-refractivity contribution in [2.45, 2.75) is 11.4 Å². The highest BCUT2D eigenvalue weighted by atomic mass is 32.2. The Kier molecular flexibility index (Phi) is 5.44. The SMILES string of the molecule is O=S(=O)(c1ccc(F)c(F)c1F)N1CCN(Cc2c(O)ccc3ccccc23)CC1. The Hall–Kier alpha value is -2.62. The van der Waals surface area contributed by atoms with E-state index >= 15 is 0 Å². The molecule has 158 valence electrons. The Labute approximate surface area is 172 Å². The van der Waals surface area contributed by atoms with Crippen LogP contribution in [0.2, 0.25) is 0 Å². The van der Waals surface area contributed by atoms with Crippen molar-refractivity contribution in [2.75, 3.05) is 26.2 Å². The molecule has 1 saturated heterocycles. The number of sulfonamides is 1. The van der Waals surface area contributed by atoms with E-state index in [1.165, 1.54) is 0 Å². The molecular weight excluding hydrogens is 417 g/mol. The van der Waals surface area contributed by atoms with Gasteiger partial charge < -0.3 is 5.11 Å². The number of aromatic hydroxyl groups is 1. The molecule has 0 aliphatic carbocycles. The summed E-state index contributed by atoms with van der Waals surface area (Å²) in [6.07, 6.45) is 0. The third-order valence-electron chi connectivity index (χ3n) is 5.35. The van der Waals surface area contributed by atoms with Crippen LogP contribution < -0.4 is 0 Å². The van der Waals surface area contributed by atoms with E-state index in [-0.39, 0.29) is 18.8 Å². The Morgan fingerprint density at radius 3 is 2.30 bits per heavy atom. The Morgan fingerprint density at radius 2 is 1.57 bits per heavy atom. The van der Waals surface area contributed by atoms with Gasteiger partial charge in [0, 0.05) is 38.3 Å². The predicted molar refractivity (Wildman–Crippen MR) is 106 cm³/mol. The number of hydrogen-bond donors (Lipinski definition) is 1. The Balaban J connectivity index is 1.51. The Morgan fingerprint density at radius 1 is 0.867 bits per heavy atom. The van der Waals surface area contributed by atoms with Gasteiger partial charge in [-0.1, -0.05) is 30.3 Å². The number of nitrogens with zero attached hydrogens (tertiary/aromatic N) is 2. The second kappa shape index (κ2) is 7.90. The van der Waals surface area contributed by atoms with Gasteiger partial charge in [0.2, 0.25) is 10.0 Å². The maximum atomic E-state index is 14.0. The molecule has 1 N–H and O–H groups in total. The van der Waals surface area contributed by atoms with Crippen molar-refractivity contribution < 1.29 is 26.7 Å². The second-order valence-electron chi connectivity index (χ2n) is 7.14. The molecule has 3 aromatic rings. The number of phenols is 1. The molecule has 4 rings (SSSR count). The third kappa shape index (κ3) is 3.64. The molecule has 0 unspecified atom stereocenters. The summed E-state index contributed by atoms with van der Waals surface area (Å²) in [7, 11) is -4.30. The van der Waals surface area contributed by atoms with Gasteiger partial charge in [-0.3, -0.25) is 4.90 Å². The topological polar surface area (TPSA) is 60.9 Å². The zero-order valence-electron chi connectivity index (χ0n) is 15.9. The summed E-state index contributed by atoms with van der Waals surface area (Å²) >= 11 is 0. The lowest BCUT2D eigenvalue weighted by atomic mass is 10.0. The minimum Gasteiger partial charge on any atom is -0.508 e. The average Bonchev–Trinajstić information content (AvgIpc) is 2.74. The number of benzene rings is 3. The van der Waals surface area contributed by atoms with Crippen LogP contribution in [0.5, 0.6) is 5.75 Å². The molecule has 1 fully saturated rings. The van der Waals surface area contributed by atoms with Crippen LogP contribution in [0.3, 0.4) is 0 Å². The summed E-state index contributed by atoms with van der Waals surface area (Å²) in [5.74, 6) is -4.79. The normalized spacial score (nSPS) is 16.2. The molecule has 30 heavy (non-hydrogen) atoms. The molecule has 0 bridgehead atoms.